The number of hydrogen-bond donors (Lipinski definition) is 1. The van der Waals surface area contributed by atoms with Gasteiger partial charge in [-0.2, -0.15) is 0 Å². The van der Waals surface area contributed by atoms with Gasteiger partial charge in [-0.15, -0.1) is 0 Å². The maximum Gasteiger partial charge on any atom is 0.208 e. The van der Waals surface area contributed by atoms with E-state index >= 15 is 0 Å². The summed E-state index contributed by atoms with van der Waals surface area (Å²) in [7, 11) is -3.14. The normalized spacial score (nSPS) is 12.1. The Balaban J connectivity index is 2.16. The average Bonchev–Trinajstić information content (AvgIpc) is 2.71. The second-order valence-corrected chi connectivity index (χ2v) is 8.03. The van der Waals surface area contributed by atoms with E-state index < -0.39 is 10.0 Å². The van der Waals surface area contributed by atoms with E-state index in [9.17, 15) is 8.42 Å². The van der Waals surface area contributed by atoms with E-state index in [0.717, 1.165) is 35.4 Å². The molecule has 2 aromatic rings. The topological polar surface area (TPSA) is 64.0 Å². The molecule has 116 valence electrons. The summed E-state index contributed by atoms with van der Waals surface area (Å²) in [6.45, 7) is 3.38. The number of nitrogens with zero attached hydrogens (tertiary/aromatic N) is 2. The van der Waals surface area contributed by atoms with Gasteiger partial charge in [0.05, 0.1) is 17.3 Å². The minimum atomic E-state index is -3.14. The maximum absolute atomic E-state index is 11.0. The van der Waals surface area contributed by atoms with Crippen molar-refractivity contribution in [3.8, 4) is 0 Å². The molecule has 0 aliphatic rings. The number of aromatic nitrogens is 2. The van der Waals surface area contributed by atoms with Crippen LogP contribution in [-0.4, -0.2) is 36.5 Å². The summed E-state index contributed by atoms with van der Waals surface area (Å²) in [6, 6.07) is 5.68. The first-order valence-corrected chi connectivity index (χ1v) is 9.89. The lowest BCUT2D eigenvalue weighted by Gasteiger charge is -2.07. The van der Waals surface area contributed by atoms with Gasteiger partial charge in [0.1, 0.15) is 0 Å². The molecule has 0 bridgehead atoms. The number of benzene rings is 1. The monoisotopic (exact) mass is 347 g/mol. The van der Waals surface area contributed by atoms with Gasteiger partial charge in [0, 0.05) is 23.9 Å². The Bertz CT molecular complexity index is 728. The van der Waals surface area contributed by atoms with Crippen molar-refractivity contribution >= 4 is 44.4 Å². The van der Waals surface area contributed by atoms with E-state index in [0.29, 0.717) is 17.3 Å². The van der Waals surface area contributed by atoms with Crippen molar-refractivity contribution in [2.75, 3.05) is 18.6 Å². The van der Waals surface area contributed by atoms with Crippen molar-refractivity contribution in [3.05, 3.63) is 23.2 Å². The predicted octanol–water partition coefficient (Wildman–Crippen LogP) is 2.74. The Morgan fingerprint density at radius 1 is 1.43 bits per heavy atom. The lowest BCUT2D eigenvalue weighted by atomic mass is 10.3. The number of aryl methyl sites for hydroxylation is 1. The molecule has 21 heavy (non-hydrogen) atoms. The molecule has 1 N–H and O–H groups in total. The van der Waals surface area contributed by atoms with Gasteiger partial charge in [0.25, 0.3) is 0 Å². The molecular weight excluding hydrogens is 330 g/mol. The molecule has 1 aromatic carbocycles. The number of nitrogens with one attached hydrogen (secondary N) is 1. The molecule has 0 saturated heterocycles. The van der Waals surface area contributed by atoms with Crippen LogP contribution in [0.2, 0.25) is 5.02 Å². The van der Waals surface area contributed by atoms with E-state index in [1.807, 2.05) is 18.2 Å². The highest BCUT2D eigenvalue weighted by atomic mass is 35.5. The molecule has 0 saturated carbocycles. The fourth-order valence-electron chi connectivity index (χ4n) is 2.00. The molecular formula is C13H18ClN3O2S2. The number of halogens is 1. The van der Waals surface area contributed by atoms with E-state index in [-0.39, 0.29) is 0 Å². The standard InChI is InChI=1S/C13H18ClN3O2S2/c1-3-7-17-12-5-4-10(14)9-11(12)16-13(17)20-8-6-15-21(2,18)19/h4-5,9,15H,3,6-8H2,1-2H3. The Morgan fingerprint density at radius 2 is 2.19 bits per heavy atom. The van der Waals surface area contributed by atoms with Crippen LogP contribution < -0.4 is 4.72 Å². The summed E-state index contributed by atoms with van der Waals surface area (Å²) in [5.74, 6) is 0.633. The quantitative estimate of drug-likeness (QED) is 0.618. The molecule has 0 radical (unpaired) electrons. The van der Waals surface area contributed by atoms with Gasteiger partial charge in [-0.25, -0.2) is 18.1 Å². The first-order chi connectivity index (χ1) is 9.90. The van der Waals surface area contributed by atoms with E-state index in [4.69, 9.17) is 11.6 Å². The van der Waals surface area contributed by atoms with Crippen LogP contribution in [0.1, 0.15) is 13.3 Å². The second kappa shape index (κ2) is 7.00. The highest BCUT2D eigenvalue weighted by molar-refractivity contribution is 7.99. The molecule has 0 aliphatic heterocycles. The minimum absolute atomic E-state index is 0.388. The van der Waals surface area contributed by atoms with Gasteiger partial charge < -0.3 is 4.57 Å². The first kappa shape index (κ1) is 16.6. The lowest BCUT2D eigenvalue weighted by molar-refractivity contribution is 0.590. The van der Waals surface area contributed by atoms with Crippen LogP contribution in [0, 0.1) is 0 Å². The lowest BCUT2D eigenvalue weighted by Crippen LogP contribution is -2.24. The van der Waals surface area contributed by atoms with Crippen molar-refractivity contribution in [1.29, 1.82) is 0 Å². The molecule has 0 aliphatic carbocycles. The fourth-order valence-corrected chi connectivity index (χ4v) is 3.66. The van der Waals surface area contributed by atoms with Crippen LogP contribution in [0.4, 0.5) is 0 Å². The largest absolute Gasteiger partial charge is 0.319 e. The fraction of sp³-hybridized carbons (Fsp3) is 0.462. The van der Waals surface area contributed by atoms with Gasteiger partial charge in [-0.1, -0.05) is 30.3 Å². The SMILES string of the molecule is CCCn1c(SCCNS(C)(=O)=O)nc2cc(Cl)ccc21. The summed E-state index contributed by atoms with van der Waals surface area (Å²) in [4.78, 5) is 4.59. The Morgan fingerprint density at radius 3 is 2.86 bits per heavy atom. The van der Waals surface area contributed by atoms with Gasteiger partial charge in [0.2, 0.25) is 10.0 Å². The van der Waals surface area contributed by atoms with E-state index in [2.05, 4.69) is 21.2 Å². The van der Waals surface area contributed by atoms with E-state index in [1.54, 1.807) is 11.8 Å². The predicted molar refractivity (Wildman–Crippen MR) is 88.6 cm³/mol. The summed E-state index contributed by atoms with van der Waals surface area (Å²) < 4.78 is 26.7. The van der Waals surface area contributed by atoms with Crippen LogP contribution in [0.25, 0.3) is 11.0 Å². The smallest absolute Gasteiger partial charge is 0.208 e. The van der Waals surface area contributed by atoms with Crippen molar-refractivity contribution < 1.29 is 8.42 Å². The number of fused-ring (bicyclic) bond motifs is 1. The highest BCUT2D eigenvalue weighted by Gasteiger charge is 2.11. The van der Waals surface area contributed by atoms with Crippen LogP contribution in [0.15, 0.2) is 23.4 Å². The average molecular weight is 348 g/mol. The van der Waals surface area contributed by atoms with Crippen LogP contribution >= 0.6 is 23.4 Å². The summed E-state index contributed by atoms with van der Waals surface area (Å²) in [5, 5.41) is 1.56. The molecule has 0 atom stereocenters. The van der Waals surface area contributed by atoms with Gasteiger partial charge in [-0.05, 0) is 24.6 Å². The minimum Gasteiger partial charge on any atom is -0.319 e. The van der Waals surface area contributed by atoms with Gasteiger partial charge in [0.15, 0.2) is 5.16 Å². The number of imidazole rings is 1. The maximum atomic E-state index is 11.0. The molecule has 0 amide bonds. The zero-order valence-electron chi connectivity index (χ0n) is 12.0. The Hall–Kier alpha value is -0.760. The number of rotatable bonds is 7. The molecule has 0 fully saturated rings. The van der Waals surface area contributed by atoms with Crippen LogP contribution in [0.5, 0.6) is 0 Å². The third-order valence-electron chi connectivity index (χ3n) is 2.82. The number of sulfonamides is 1. The molecule has 8 heteroatoms. The number of thioether (sulfide) groups is 1. The van der Waals surface area contributed by atoms with E-state index in [1.165, 1.54) is 0 Å². The molecule has 5 nitrogen and oxygen atoms in total. The number of hydrogen-bond acceptors (Lipinski definition) is 4. The van der Waals surface area contributed by atoms with Crippen LogP contribution in [-0.2, 0) is 16.6 Å². The van der Waals surface area contributed by atoms with Crippen molar-refractivity contribution in [2.45, 2.75) is 25.0 Å². The third kappa shape index (κ3) is 4.60. The molecule has 1 aromatic heterocycles. The molecule has 1 heterocycles. The first-order valence-electron chi connectivity index (χ1n) is 6.64. The molecule has 2 rings (SSSR count). The van der Waals surface area contributed by atoms with Crippen molar-refractivity contribution in [1.82, 2.24) is 14.3 Å². The molecule has 0 spiro atoms. The zero-order valence-corrected chi connectivity index (χ0v) is 14.4. The third-order valence-corrected chi connectivity index (χ3v) is 4.76. The van der Waals surface area contributed by atoms with Gasteiger partial charge >= 0.3 is 0 Å². The Labute approximate surface area is 134 Å². The molecule has 0 unspecified atom stereocenters. The highest BCUT2D eigenvalue weighted by Crippen LogP contribution is 2.26. The summed E-state index contributed by atoms with van der Waals surface area (Å²) in [5.41, 5.74) is 1.93. The van der Waals surface area contributed by atoms with Crippen LogP contribution in [0.3, 0.4) is 0 Å². The Kier molecular flexibility index (Phi) is 5.54. The summed E-state index contributed by atoms with van der Waals surface area (Å²) >= 11 is 7.54. The van der Waals surface area contributed by atoms with Gasteiger partial charge in [-0.3, -0.25) is 0 Å². The zero-order chi connectivity index (χ0) is 15.5. The van der Waals surface area contributed by atoms with Crippen molar-refractivity contribution in [3.63, 3.8) is 0 Å². The second-order valence-electron chi connectivity index (χ2n) is 4.69. The van der Waals surface area contributed by atoms with Crippen molar-refractivity contribution in [2.24, 2.45) is 0 Å². The summed E-state index contributed by atoms with van der Waals surface area (Å²) in [6.07, 6.45) is 2.16.